The quantitative estimate of drug-likeness (QED) is 0.859. The lowest BCUT2D eigenvalue weighted by atomic mass is 9.86. The molecular weight excluding hydrogens is 266 g/mol. The molecule has 4 heteroatoms. The van der Waals surface area contributed by atoms with Gasteiger partial charge in [0.15, 0.2) is 0 Å². The van der Waals surface area contributed by atoms with Crippen LogP contribution < -0.4 is 0 Å². The first-order chi connectivity index (χ1) is 10.1. The van der Waals surface area contributed by atoms with E-state index in [1.54, 1.807) is 0 Å². The van der Waals surface area contributed by atoms with Crippen molar-refractivity contribution < 1.29 is 14.3 Å². The molecule has 0 unspecified atom stereocenters. The molecule has 21 heavy (non-hydrogen) atoms. The predicted octanol–water partition coefficient (Wildman–Crippen LogP) is 2.87. The van der Waals surface area contributed by atoms with E-state index < -0.39 is 0 Å². The second-order valence-corrected chi connectivity index (χ2v) is 5.88. The van der Waals surface area contributed by atoms with Gasteiger partial charge >= 0.3 is 5.97 Å². The van der Waals surface area contributed by atoms with Gasteiger partial charge in [0.2, 0.25) is 0 Å². The molecular formula is C17H19NO3. The van der Waals surface area contributed by atoms with Crippen LogP contribution in [0.5, 0.6) is 0 Å². The minimum Gasteiger partial charge on any atom is -0.461 e. The van der Waals surface area contributed by atoms with Crippen LogP contribution in [0.25, 0.3) is 10.9 Å². The van der Waals surface area contributed by atoms with Crippen molar-refractivity contribution in [1.82, 2.24) is 4.98 Å². The smallest absolute Gasteiger partial charge is 0.313 e. The van der Waals surface area contributed by atoms with Crippen molar-refractivity contribution >= 4 is 22.7 Å². The molecule has 0 amide bonds. The van der Waals surface area contributed by atoms with E-state index in [1.165, 1.54) is 0 Å². The number of esters is 1. The monoisotopic (exact) mass is 285 g/mol. The van der Waals surface area contributed by atoms with Crippen LogP contribution in [-0.2, 0) is 20.7 Å². The number of para-hydroxylation sites is 1. The lowest BCUT2D eigenvalue weighted by molar-refractivity contribution is -0.183. The number of benzene rings is 1. The van der Waals surface area contributed by atoms with Gasteiger partial charge in [-0.15, -0.1) is 0 Å². The number of ketones is 1. The molecule has 0 bridgehead atoms. The Bertz CT molecular complexity index is 688. The highest BCUT2D eigenvalue weighted by Crippen LogP contribution is 2.28. The molecule has 1 N–H and O–H groups in total. The number of ether oxygens (including phenoxy) is 1. The summed E-state index contributed by atoms with van der Waals surface area (Å²) in [5.74, 6) is -0.448. The summed E-state index contributed by atoms with van der Waals surface area (Å²) in [5, 5.41) is 1.16. The van der Waals surface area contributed by atoms with Gasteiger partial charge in [-0.05, 0) is 25.0 Å². The third kappa shape index (κ3) is 2.58. The number of H-pyrrole nitrogens is 1. The Morgan fingerprint density at radius 2 is 2.14 bits per heavy atom. The number of fused-ring (bicyclic) bond motifs is 1. The molecule has 1 aliphatic heterocycles. The zero-order chi connectivity index (χ0) is 15.0. The highest BCUT2D eigenvalue weighted by Gasteiger charge is 2.40. The molecule has 3 rings (SSSR count). The van der Waals surface area contributed by atoms with Crippen LogP contribution in [0.4, 0.5) is 0 Å². The Kier molecular flexibility index (Phi) is 3.53. The fraction of sp³-hybridized carbons (Fsp3) is 0.412. The van der Waals surface area contributed by atoms with Gasteiger partial charge < -0.3 is 9.72 Å². The fourth-order valence-electron chi connectivity index (χ4n) is 2.88. The summed E-state index contributed by atoms with van der Waals surface area (Å²) >= 11 is 0. The Hall–Kier alpha value is -2.10. The van der Waals surface area contributed by atoms with E-state index in [2.05, 4.69) is 11.1 Å². The summed E-state index contributed by atoms with van der Waals surface area (Å²) in [6.07, 6.45) is 2.83. The summed E-state index contributed by atoms with van der Waals surface area (Å²) in [6, 6.07) is 8.07. The molecule has 0 aliphatic carbocycles. The van der Waals surface area contributed by atoms with Crippen molar-refractivity contribution in [2.75, 3.05) is 0 Å². The molecule has 0 saturated carbocycles. The summed E-state index contributed by atoms with van der Waals surface area (Å²) in [4.78, 5) is 26.8. The van der Waals surface area contributed by atoms with Crippen molar-refractivity contribution in [1.29, 1.82) is 0 Å². The number of nitrogens with one attached hydrogen (secondary N) is 1. The fourth-order valence-corrected chi connectivity index (χ4v) is 2.88. The number of carbonyl (C=O) groups is 2. The average molecular weight is 285 g/mol. The molecule has 1 aromatic heterocycles. The van der Waals surface area contributed by atoms with Gasteiger partial charge in [-0.25, -0.2) is 0 Å². The summed E-state index contributed by atoms with van der Waals surface area (Å²) < 4.78 is 4.90. The Morgan fingerprint density at radius 3 is 2.86 bits per heavy atom. The molecule has 1 saturated heterocycles. The van der Waals surface area contributed by atoms with Crippen LogP contribution in [0.2, 0.25) is 0 Å². The minimum atomic E-state index is -0.247. The lowest BCUT2D eigenvalue weighted by Crippen LogP contribution is -2.44. The van der Waals surface area contributed by atoms with Crippen molar-refractivity contribution in [3.05, 3.63) is 36.0 Å². The van der Waals surface area contributed by atoms with Crippen molar-refractivity contribution in [2.45, 2.75) is 32.8 Å². The second-order valence-electron chi connectivity index (χ2n) is 5.88. The number of Topliss-reactive ketones (excluding diaryl/α,β-unsaturated/α-hetero) is 1. The number of rotatable bonds is 5. The Balaban J connectivity index is 1.67. The van der Waals surface area contributed by atoms with E-state index in [1.807, 2.05) is 38.2 Å². The van der Waals surface area contributed by atoms with E-state index in [4.69, 9.17) is 4.74 Å². The highest BCUT2D eigenvalue weighted by atomic mass is 16.6. The van der Waals surface area contributed by atoms with E-state index in [0.29, 0.717) is 12.8 Å². The molecule has 1 aliphatic rings. The second kappa shape index (κ2) is 5.35. The molecule has 1 aromatic carbocycles. The van der Waals surface area contributed by atoms with Crippen molar-refractivity contribution in [3.8, 4) is 0 Å². The first-order valence-corrected chi connectivity index (χ1v) is 7.34. The normalized spacial score (nSPS) is 22.7. The van der Waals surface area contributed by atoms with Crippen LogP contribution >= 0.6 is 0 Å². The van der Waals surface area contributed by atoms with Gasteiger partial charge in [0.1, 0.15) is 17.8 Å². The van der Waals surface area contributed by atoms with Crippen LogP contribution in [0, 0.1) is 11.8 Å². The van der Waals surface area contributed by atoms with E-state index in [0.717, 1.165) is 16.5 Å². The summed E-state index contributed by atoms with van der Waals surface area (Å²) in [6.45, 7) is 3.77. The number of hydrogen-bond donors (Lipinski definition) is 1. The third-order valence-corrected chi connectivity index (χ3v) is 4.34. The predicted molar refractivity (Wildman–Crippen MR) is 79.8 cm³/mol. The Labute approximate surface area is 123 Å². The highest BCUT2D eigenvalue weighted by molar-refractivity contribution is 5.89. The zero-order valence-corrected chi connectivity index (χ0v) is 12.3. The molecule has 110 valence electrons. The van der Waals surface area contributed by atoms with E-state index in [-0.39, 0.29) is 29.7 Å². The number of aromatic nitrogens is 1. The SMILES string of the molecule is C[C@@H](Cc1c[nH]c2ccccc12)C(=O)C[C@@H]1C(=O)O[C@@H]1C. The van der Waals surface area contributed by atoms with Crippen LogP contribution in [0.15, 0.2) is 30.5 Å². The molecule has 2 heterocycles. The lowest BCUT2D eigenvalue weighted by Gasteiger charge is -2.32. The van der Waals surface area contributed by atoms with E-state index >= 15 is 0 Å². The standard InChI is InChI=1S/C17H19NO3/c1-10(16(19)8-14-11(2)21-17(14)20)7-12-9-18-15-6-4-3-5-13(12)15/h3-6,9-11,14,18H,7-8H2,1-2H3/t10-,11+,14-/m0/s1. The maximum Gasteiger partial charge on any atom is 0.313 e. The van der Waals surface area contributed by atoms with Crippen LogP contribution in [-0.4, -0.2) is 22.8 Å². The van der Waals surface area contributed by atoms with Gasteiger partial charge in [0.05, 0.1) is 0 Å². The minimum absolute atomic E-state index is 0.0928. The van der Waals surface area contributed by atoms with Crippen molar-refractivity contribution in [3.63, 3.8) is 0 Å². The van der Waals surface area contributed by atoms with Gasteiger partial charge in [-0.1, -0.05) is 25.1 Å². The van der Waals surface area contributed by atoms with Crippen LogP contribution in [0.3, 0.4) is 0 Å². The van der Waals surface area contributed by atoms with Crippen LogP contribution in [0.1, 0.15) is 25.8 Å². The number of carbonyl (C=O) groups excluding carboxylic acids is 2. The molecule has 0 radical (unpaired) electrons. The average Bonchev–Trinajstić information content (AvgIpc) is 2.88. The first kappa shape index (κ1) is 13.9. The molecule has 0 spiro atoms. The number of aromatic amines is 1. The van der Waals surface area contributed by atoms with Gasteiger partial charge in [-0.2, -0.15) is 0 Å². The molecule has 3 atom stereocenters. The first-order valence-electron chi connectivity index (χ1n) is 7.34. The number of cyclic esters (lactones) is 1. The molecule has 4 nitrogen and oxygen atoms in total. The van der Waals surface area contributed by atoms with Gasteiger partial charge in [0, 0.05) is 29.4 Å². The number of hydrogen-bond acceptors (Lipinski definition) is 3. The maximum absolute atomic E-state index is 12.3. The Morgan fingerprint density at radius 1 is 1.38 bits per heavy atom. The van der Waals surface area contributed by atoms with Gasteiger partial charge in [-0.3, -0.25) is 9.59 Å². The molecule has 1 fully saturated rings. The van der Waals surface area contributed by atoms with Crippen molar-refractivity contribution in [2.24, 2.45) is 11.8 Å². The maximum atomic E-state index is 12.3. The summed E-state index contributed by atoms with van der Waals surface area (Å²) in [5.41, 5.74) is 2.24. The van der Waals surface area contributed by atoms with Gasteiger partial charge in [0.25, 0.3) is 0 Å². The molecule has 2 aromatic rings. The third-order valence-electron chi connectivity index (χ3n) is 4.34. The largest absolute Gasteiger partial charge is 0.461 e. The zero-order valence-electron chi connectivity index (χ0n) is 12.3. The topological polar surface area (TPSA) is 59.2 Å². The van der Waals surface area contributed by atoms with E-state index in [9.17, 15) is 9.59 Å². The summed E-state index contributed by atoms with van der Waals surface area (Å²) in [7, 11) is 0.